The van der Waals surface area contributed by atoms with Crippen LogP contribution in [-0.2, 0) is 9.59 Å². The molecule has 1 unspecified atom stereocenters. The van der Waals surface area contributed by atoms with Crippen LogP contribution in [0.1, 0.15) is 26.7 Å². The molecule has 2 aliphatic heterocycles. The van der Waals surface area contributed by atoms with Gasteiger partial charge in [-0.05, 0) is 44.9 Å². The average molecular weight is 436 g/mol. The predicted octanol–water partition coefficient (Wildman–Crippen LogP) is 2.78. The van der Waals surface area contributed by atoms with E-state index in [4.69, 9.17) is 14.9 Å². The highest BCUT2D eigenvalue weighted by molar-refractivity contribution is 6.00. The van der Waals surface area contributed by atoms with Crippen LogP contribution in [-0.4, -0.2) is 40.5 Å². The van der Waals surface area contributed by atoms with Crippen molar-refractivity contribution in [1.82, 2.24) is 9.97 Å². The van der Waals surface area contributed by atoms with Gasteiger partial charge in [0.2, 0.25) is 11.9 Å². The first-order chi connectivity index (χ1) is 15.3. The minimum atomic E-state index is -0.927. The number of primary amides is 1. The summed E-state index contributed by atoms with van der Waals surface area (Å²) in [4.78, 5) is 35.2. The van der Waals surface area contributed by atoms with Gasteiger partial charge >= 0.3 is 0 Å². The largest absolute Gasteiger partial charge is 0.476 e. The second kappa shape index (κ2) is 7.40. The molecule has 0 aliphatic carbocycles. The van der Waals surface area contributed by atoms with Gasteiger partial charge in [0.25, 0.3) is 5.91 Å². The third-order valence-electron chi connectivity index (χ3n) is 5.80. The molecule has 10 heteroatoms. The highest BCUT2D eigenvalue weighted by Gasteiger charge is 2.35. The molecule has 4 N–H and O–H groups in total. The van der Waals surface area contributed by atoms with E-state index in [9.17, 15) is 9.59 Å². The number of hydrogen-bond acceptors (Lipinski definition) is 8. The number of anilines is 4. The van der Waals surface area contributed by atoms with Crippen LogP contribution in [0.2, 0.25) is 0 Å². The molecule has 1 fully saturated rings. The van der Waals surface area contributed by atoms with Crippen LogP contribution < -0.4 is 26.0 Å². The van der Waals surface area contributed by atoms with Gasteiger partial charge in [0.05, 0.1) is 17.9 Å². The molecule has 2 aromatic heterocycles. The Morgan fingerprint density at radius 1 is 1.31 bits per heavy atom. The maximum atomic E-state index is 12.2. The Labute approximate surface area is 184 Å². The van der Waals surface area contributed by atoms with Crippen molar-refractivity contribution in [3.63, 3.8) is 0 Å². The predicted molar refractivity (Wildman–Crippen MR) is 119 cm³/mol. The first-order valence-electron chi connectivity index (χ1n) is 10.5. The quantitative estimate of drug-likeness (QED) is 0.568. The monoisotopic (exact) mass is 436 g/mol. The molecule has 1 aromatic carbocycles. The molecule has 166 valence electrons. The van der Waals surface area contributed by atoms with Crippen molar-refractivity contribution in [3.8, 4) is 5.75 Å². The number of ether oxygens (including phenoxy) is 1. The summed E-state index contributed by atoms with van der Waals surface area (Å²) < 4.78 is 11.4. The summed E-state index contributed by atoms with van der Waals surface area (Å²) in [5, 5.41) is 6.06. The van der Waals surface area contributed by atoms with Crippen molar-refractivity contribution in [2.45, 2.75) is 32.3 Å². The van der Waals surface area contributed by atoms with E-state index >= 15 is 0 Å². The summed E-state index contributed by atoms with van der Waals surface area (Å²) >= 11 is 0. The summed E-state index contributed by atoms with van der Waals surface area (Å²) in [5.41, 5.74) is 7.09. The van der Waals surface area contributed by atoms with Crippen LogP contribution in [0.3, 0.4) is 0 Å². The van der Waals surface area contributed by atoms with Crippen LogP contribution in [0.15, 0.2) is 34.9 Å². The van der Waals surface area contributed by atoms with Crippen LogP contribution in [0.4, 0.5) is 23.1 Å². The second-order valence-electron chi connectivity index (χ2n) is 8.60. The molecule has 2 aliphatic rings. The fourth-order valence-corrected chi connectivity index (χ4v) is 4.04. The number of aromatic nitrogens is 2. The normalized spacial score (nSPS) is 19.8. The Kier molecular flexibility index (Phi) is 4.65. The van der Waals surface area contributed by atoms with E-state index in [1.165, 1.54) is 0 Å². The SMILES string of the molecule is CC1(C)Oc2ccc(Nc3nc(N4CCCC(C(N)=O)C4)c4occc4n3)cc2NC1=O. The lowest BCUT2D eigenvalue weighted by Crippen LogP contribution is -2.45. The highest BCUT2D eigenvalue weighted by Crippen LogP contribution is 2.36. The van der Waals surface area contributed by atoms with Crippen molar-refractivity contribution < 1.29 is 18.7 Å². The smallest absolute Gasteiger partial charge is 0.268 e. The lowest BCUT2D eigenvalue weighted by Gasteiger charge is -2.32. The summed E-state index contributed by atoms with van der Waals surface area (Å²) in [7, 11) is 0. The second-order valence-corrected chi connectivity index (χ2v) is 8.60. The van der Waals surface area contributed by atoms with Gasteiger partial charge in [-0.25, -0.2) is 4.98 Å². The average Bonchev–Trinajstić information content (AvgIpc) is 3.23. The Hall–Kier alpha value is -3.82. The lowest BCUT2D eigenvalue weighted by molar-refractivity contribution is -0.129. The van der Waals surface area contributed by atoms with Gasteiger partial charge in [-0.1, -0.05) is 0 Å². The highest BCUT2D eigenvalue weighted by atomic mass is 16.5. The number of nitrogens with zero attached hydrogens (tertiary/aromatic N) is 3. The number of fused-ring (bicyclic) bond motifs is 2. The molecular formula is C22H24N6O4. The van der Waals surface area contributed by atoms with E-state index < -0.39 is 5.60 Å². The topological polar surface area (TPSA) is 136 Å². The molecule has 0 radical (unpaired) electrons. The molecule has 1 atom stereocenters. The van der Waals surface area contributed by atoms with Crippen molar-refractivity contribution in [2.24, 2.45) is 11.7 Å². The molecule has 0 bridgehead atoms. The van der Waals surface area contributed by atoms with Crippen LogP contribution >= 0.6 is 0 Å². The standard InChI is InChI=1S/C22H24N6O4/c1-22(2)20(30)25-15-10-13(5-6-16(15)32-22)24-21-26-14-7-9-31-17(14)19(27-21)28-8-3-4-12(11-28)18(23)29/h5-7,9-10,12H,3-4,8,11H2,1-2H3,(H2,23,29)(H,25,30)(H,24,26,27). The van der Waals surface area contributed by atoms with E-state index in [2.05, 4.69) is 20.6 Å². The van der Waals surface area contributed by atoms with Gasteiger partial charge in [0.15, 0.2) is 17.0 Å². The van der Waals surface area contributed by atoms with Gasteiger partial charge in [0, 0.05) is 24.8 Å². The fourth-order valence-electron chi connectivity index (χ4n) is 4.04. The third kappa shape index (κ3) is 3.57. The van der Waals surface area contributed by atoms with Gasteiger partial charge in [-0.2, -0.15) is 4.98 Å². The minimum Gasteiger partial charge on any atom is -0.476 e. The first kappa shape index (κ1) is 20.1. The molecule has 5 rings (SSSR count). The molecule has 10 nitrogen and oxygen atoms in total. The Morgan fingerprint density at radius 2 is 2.16 bits per heavy atom. The third-order valence-corrected chi connectivity index (χ3v) is 5.80. The molecular weight excluding hydrogens is 412 g/mol. The van der Waals surface area contributed by atoms with Crippen molar-refractivity contribution in [1.29, 1.82) is 0 Å². The van der Waals surface area contributed by atoms with Gasteiger partial charge < -0.3 is 30.4 Å². The Bertz CT molecular complexity index is 1220. The van der Waals surface area contributed by atoms with Gasteiger partial charge in [-0.15, -0.1) is 0 Å². The number of benzene rings is 1. The molecule has 32 heavy (non-hydrogen) atoms. The number of carbonyl (C=O) groups excluding carboxylic acids is 2. The zero-order valence-corrected chi connectivity index (χ0v) is 17.8. The molecule has 0 spiro atoms. The summed E-state index contributed by atoms with van der Waals surface area (Å²) in [6.07, 6.45) is 3.17. The molecule has 3 aromatic rings. The maximum Gasteiger partial charge on any atom is 0.268 e. The van der Waals surface area contributed by atoms with Crippen molar-refractivity contribution in [2.75, 3.05) is 28.6 Å². The number of nitrogens with one attached hydrogen (secondary N) is 2. The Morgan fingerprint density at radius 3 is 2.97 bits per heavy atom. The van der Waals surface area contributed by atoms with E-state index in [1.54, 1.807) is 38.3 Å². The number of piperidine rings is 1. The zero-order valence-electron chi connectivity index (χ0n) is 17.8. The minimum absolute atomic E-state index is 0.213. The van der Waals surface area contributed by atoms with Crippen molar-refractivity contribution in [3.05, 3.63) is 30.5 Å². The number of rotatable bonds is 4. The Balaban J connectivity index is 1.45. The summed E-state index contributed by atoms with van der Waals surface area (Å²) in [6.45, 7) is 4.67. The van der Waals surface area contributed by atoms with E-state index in [1.807, 2.05) is 11.0 Å². The summed E-state index contributed by atoms with van der Waals surface area (Å²) in [6, 6.07) is 7.16. The molecule has 4 heterocycles. The van der Waals surface area contributed by atoms with E-state index in [0.29, 0.717) is 46.5 Å². The number of hydrogen-bond donors (Lipinski definition) is 3. The number of furan rings is 1. The molecule has 1 saturated heterocycles. The van der Waals surface area contributed by atoms with Crippen molar-refractivity contribution >= 4 is 46.1 Å². The van der Waals surface area contributed by atoms with E-state index in [0.717, 1.165) is 19.4 Å². The van der Waals surface area contributed by atoms with Gasteiger partial charge in [0.1, 0.15) is 11.3 Å². The maximum absolute atomic E-state index is 12.2. The van der Waals surface area contributed by atoms with Crippen LogP contribution in [0, 0.1) is 5.92 Å². The first-order valence-corrected chi connectivity index (χ1v) is 10.5. The number of carbonyl (C=O) groups is 2. The lowest BCUT2D eigenvalue weighted by atomic mass is 9.97. The zero-order chi connectivity index (χ0) is 22.5. The summed E-state index contributed by atoms with van der Waals surface area (Å²) in [5.74, 6) is 0.837. The fraction of sp³-hybridized carbons (Fsp3) is 0.364. The van der Waals surface area contributed by atoms with Crippen LogP contribution in [0.5, 0.6) is 5.75 Å². The van der Waals surface area contributed by atoms with Crippen LogP contribution in [0.25, 0.3) is 11.1 Å². The molecule has 2 amide bonds. The molecule has 0 saturated carbocycles. The van der Waals surface area contributed by atoms with Gasteiger partial charge in [-0.3, -0.25) is 9.59 Å². The number of nitrogens with two attached hydrogens (primary N) is 1. The van der Waals surface area contributed by atoms with E-state index in [-0.39, 0.29) is 17.7 Å². The number of amides is 2.